The standard InChI is InChI=1S/C12H7BrIN3/c13-9-4-3-8(6-10(9)14)17-11-2-1-5-16-12(11)7-15/h1-6,17H. The van der Waals surface area contributed by atoms with Gasteiger partial charge in [0.2, 0.25) is 0 Å². The number of benzene rings is 1. The lowest BCUT2D eigenvalue weighted by atomic mass is 10.2. The van der Waals surface area contributed by atoms with Crippen LogP contribution < -0.4 is 5.32 Å². The first-order valence-corrected chi connectivity index (χ1v) is 6.65. The summed E-state index contributed by atoms with van der Waals surface area (Å²) in [5, 5.41) is 12.1. The van der Waals surface area contributed by atoms with E-state index >= 15 is 0 Å². The summed E-state index contributed by atoms with van der Waals surface area (Å²) in [4.78, 5) is 4.00. The van der Waals surface area contributed by atoms with Crippen LogP contribution in [-0.4, -0.2) is 4.98 Å². The molecule has 84 valence electrons. The molecule has 0 radical (unpaired) electrons. The molecule has 1 heterocycles. The van der Waals surface area contributed by atoms with Crippen LogP contribution in [0.1, 0.15) is 5.69 Å². The van der Waals surface area contributed by atoms with E-state index in [1.165, 1.54) is 0 Å². The van der Waals surface area contributed by atoms with Crippen molar-refractivity contribution in [2.45, 2.75) is 0 Å². The van der Waals surface area contributed by atoms with Gasteiger partial charge >= 0.3 is 0 Å². The monoisotopic (exact) mass is 399 g/mol. The van der Waals surface area contributed by atoms with Crippen molar-refractivity contribution in [3.05, 3.63) is 50.3 Å². The lowest BCUT2D eigenvalue weighted by molar-refractivity contribution is 1.26. The molecule has 0 unspecified atom stereocenters. The zero-order chi connectivity index (χ0) is 12.3. The Labute approximate surface area is 121 Å². The first-order valence-electron chi connectivity index (χ1n) is 4.78. The fourth-order valence-corrected chi connectivity index (χ4v) is 2.09. The molecule has 17 heavy (non-hydrogen) atoms. The highest BCUT2D eigenvalue weighted by molar-refractivity contribution is 14.1. The minimum Gasteiger partial charge on any atom is -0.353 e. The molecule has 1 aromatic carbocycles. The predicted molar refractivity (Wildman–Crippen MR) is 79.1 cm³/mol. The summed E-state index contributed by atoms with van der Waals surface area (Å²) in [6.07, 6.45) is 1.61. The molecule has 5 heteroatoms. The van der Waals surface area contributed by atoms with Gasteiger partial charge in [0.25, 0.3) is 0 Å². The van der Waals surface area contributed by atoms with Crippen molar-refractivity contribution < 1.29 is 0 Å². The molecular formula is C12H7BrIN3. The van der Waals surface area contributed by atoms with Gasteiger partial charge < -0.3 is 5.32 Å². The number of pyridine rings is 1. The van der Waals surface area contributed by atoms with E-state index in [1.54, 1.807) is 12.3 Å². The molecule has 0 saturated carbocycles. The number of aromatic nitrogens is 1. The van der Waals surface area contributed by atoms with Gasteiger partial charge in [-0.3, -0.25) is 0 Å². The molecule has 0 atom stereocenters. The zero-order valence-corrected chi connectivity index (χ0v) is 12.4. The molecule has 1 N–H and O–H groups in total. The van der Waals surface area contributed by atoms with E-state index < -0.39 is 0 Å². The Hall–Kier alpha value is -1.13. The van der Waals surface area contributed by atoms with Crippen LogP contribution in [0.3, 0.4) is 0 Å². The molecule has 3 nitrogen and oxygen atoms in total. The van der Waals surface area contributed by atoms with Crippen molar-refractivity contribution in [3.8, 4) is 6.07 Å². The Kier molecular flexibility index (Phi) is 3.97. The maximum absolute atomic E-state index is 8.93. The molecule has 0 aliphatic carbocycles. The Morgan fingerprint density at radius 1 is 1.35 bits per heavy atom. The summed E-state index contributed by atoms with van der Waals surface area (Å²) >= 11 is 5.69. The van der Waals surface area contributed by atoms with E-state index in [9.17, 15) is 0 Å². The van der Waals surface area contributed by atoms with Gasteiger partial charge in [0.1, 0.15) is 6.07 Å². The Bertz CT molecular complexity index is 593. The number of hydrogen-bond donors (Lipinski definition) is 1. The summed E-state index contributed by atoms with van der Waals surface area (Å²) in [6, 6.07) is 11.6. The maximum Gasteiger partial charge on any atom is 0.163 e. The largest absolute Gasteiger partial charge is 0.353 e. The van der Waals surface area contributed by atoms with Crippen LogP contribution in [-0.2, 0) is 0 Å². The van der Waals surface area contributed by atoms with Crippen LogP contribution in [0.4, 0.5) is 11.4 Å². The average Bonchev–Trinajstić information content (AvgIpc) is 2.34. The van der Waals surface area contributed by atoms with Crippen molar-refractivity contribution in [2.75, 3.05) is 5.32 Å². The molecule has 1 aromatic heterocycles. The van der Waals surface area contributed by atoms with Crippen LogP contribution >= 0.6 is 38.5 Å². The van der Waals surface area contributed by atoms with Crippen molar-refractivity contribution in [1.82, 2.24) is 4.98 Å². The predicted octanol–water partition coefficient (Wildman–Crippen LogP) is 4.06. The summed E-state index contributed by atoms with van der Waals surface area (Å²) in [6.45, 7) is 0. The van der Waals surface area contributed by atoms with Crippen LogP contribution in [0.5, 0.6) is 0 Å². The molecule has 0 aliphatic rings. The minimum atomic E-state index is 0.394. The van der Waals surface area contributed by atoms with E-state index in [4.69, 9.17) is 5.26 Å². The fourth-order valence-electron chi connectivity index (χ4n) is 1.32. The molecule has 2 rings (SSSR count). The third-order valence-corrected chi connectivity index (χ3v) is 4.44. The average molecular weight is 400 g/mol. The fraction of sp³-hybridized carbons (Fsp3) is 0. The SMILES string of the molecule is N#Cc1ncccc1Nc1ccc(Br)c(I)c1. The quantitative estimate of drug-likeness (QED) is 0.774. The third-order valence-electron chi connectivity index (χ3n) is 2.11. The van der Waals surface area contributed by atoms with Crippen molar-refractivity contribution in [3.63, 3.8) is 0 Å². The first-order chi connectivity index (χ1) is 8.20. The second-order valence-corrected chi connectivity index (χ2v) is 5.28. The molecule has 0 spiro atoms. The van der Waals surface area contributed by atoms with Gasteiger partial charge in [-0.2, -0.15) is 5.26 Å². The lowest BCUT2D eigenvalue weighted by Crippen LogP contribution is -1.95. The molecule has 0 bridgehead atoms. The number of anilines is 2. The van der Waals surface area contributed by atoms with Gasteiger partial charge in [-0.25, -0.2) is 4.98 Å². The summed E-state index contributed by atoms with van der Waals surface area (Å²) < 4.78 is 2.16. The second-order valence-electron chi connectivity index (χ2n) is 3.27. The van der Waals surface area contributed by atoms with Crippen LogP contribution in [0.25, 0.3) is 0 Å². The maximum atomic E-state index is 8.93. The highest BCUT2D eigenvalue weighted by Crippen LogP contribution is 2.25. The highest BCUT2D eigenvalue weighted by atomic mass is 127. The van der Waals surface area contributed by atoms with Gasteiger partial charge in [0, 0.05) is 19.9 Å². The van der Waals surface area contributed by atoms with Gasteiger partial charge in [-0.05, 0) is 68.9 Å². The van der Waals surface area contributed by atoms with E-state index in [1.807, 2.05) is 24.3 Å². The number of nitriles is 1. The van der Waals surface area contributed by atoms with E-state index in [0.29, 0.717) is 11.4 Å². The van der Waals surface area contributed by atoms with Crippen molar-refractivity contribution in [1.29, 1.82) is 5.26 Å². The van der Waals surface area contributed by atoms with Gasteiger partial charge in [0.15, 0.2) is 5.69 Å². The normalized spacial score (nSPS) is 9.71. The van der Waals surface area contributed by atoms with Gasteiger partial charge in [-0.15, -0.1) is 0 Å². The smallest absolute Gasteiger partial charge is 0.163 e. The topological polar surface area (TPSA) is 48.7 Å². The Morgan fingerprint density at radius 3 is 2.88 bits per heavy atom. The van der Waals surface area contributed by atoms with Crippen LogP contribution in [0, 0.1) is 14.9 Å². The summed E-state index contributed by atoms with van der Waals surface area (Å²) in [5.41, 5.74) is 2.04. The number of nitrogens with zero attached hydrogens (tertiary/aromatic N) is 2. The van der Waals surface area contributed by atoms with Crippen molar-refractivity contribution >= 4 is 49.9 Å². The van der Waals surface area contributed by atoms with Crippen LogP contribution in [0.2, 0.25) is 0 Å². The van der Waals surface area contributed by atoms with Crippen molar-refractivity contribution in [2.24, 2.45) is 0 Å². The molecule has 0 saturated heterocycles. The second kappa shape index (κ2) is 5.47. The molecular weight excluding hydrogens is 393 g/mol. The number of hydrogen-bond acceptors (Lipinski definition) is 3. The lowest BCUT2D eigenvalue weighted by Gasteiger charge is -2.08. The van der Waals surface area contributed by atoms with E-state index in [-0.39, 0.29) is 0 Å². The minimum absolute atomic E-state index is 0.394. The molecule has 0 aliphatic heterocycles. The Balaban J connectivity index is 2.32. The summed E-state index contributed by atoms with van der Waals surface area (Å²) in [5.74, 6) is 0. The van der Waals surface area contributed by atoms with E-state index in [2.05, 4.69) is 54.9 Å². The number of rotatable bonds is 2. The first kappa shape index (κ1) is 12.3. The zero-order valence-electron chi connectivity index (χ0n) is 8.61. The Morgan fingerprint density at radius 2 is 2.18 bits per heavy atom. The van der Waals surface area contributed by atoms with Gasteiger partial charge in [-0.1, -0.05) is 0 Å². The van der Waals surface area contributed by atoms with E-state index in [0.717, 1.165) is 13.7 Å². The number of nitrogens with one attached hydrogen (secondary N) is 1. The number of halogens is 2. The van der Waals surface area contributed by atoms with Gasteiger partial charge in [0.05, 0.1) is 5.69 Å². The highest BCUT2D eigenvalue weighted by Gasteiger charge is 2.03. The molecule has 0 fully saturated rings. The molecule has 0 amide bonds. The third kappa shape index (κ3) is 2.96. The molecule has 2 aromatic rings. The summed E-state index contributed by atoms with van der Waals surface area (Å²) in [7, 11) is 0. The van der Waals surface area contributed by atoms with Crippen LogP contribution in [0.15, 0.2) is 41.0 Å².